The average Bonchev–Trinajstić information content (AvgIpc) is 2.81. The van der Waals surface area contributed by atoms with Crippen LogP contribution in [-0.2, 0) is 0 Å². The first-order valence-electron chi connectivity index (χ1n) is 6.57. The molecule has 0 aliphatic carbocycles. The minimum Gasteiger partial charge on any atom is -0.492 e. The van der Waals surface area contributed by atoms with E-state index < -0.39 is 0 Å². The van der Waals surface area contributed by atoms with Gasteiger partial charge in [0.25, 0.3) is 0 Å². The summed E-state index contributed by atoms with van der Waals surface area (Å²) in [7, 11) is 0. The fourth-order valence-electron chi connectivity index (χ4n) is 2.37. The number of nitrogens with zero attached hydrogens (tertiary/aromatic N) is 2. The van der Waals surface area contributed by atoms with Crippen molar-refractivity contribution in [2.75, 3.05) is 0 Å². The third kappa shape index (κ3) is 2.18. The van der Waals surface area contributed by atoms with Gasteiger partial charge in [-0.05, 0) is 31.0 Å². The van der Waals surface area contributed by atoms with Gasteiger partial charge in [-0.2, -0.15) is 0 Å². The van der Waals surface area contributed by atoms with Gasteiger partial charge < -0.3 is 5.11 Å². The van der Waals surface area contributed by atoms with Crippen LogP contribution in [0, 0.1) is 13.8 Å². The molecule has 0 atom stereocenters. The lowest BCUT2D eigenvalue weighted by molar-refractivity contribution is 0.449. The van der Waals surface area contributed by atoms with Crippen LogP contribution in [0.2, 0.25) is 0 Å². The molecule has 0 saturated carbocycles. The molecule has 1 aromatic heterocycles. The topological polar surface area (TPSA) is 38.0 Å². The number of aryl methyl sites for hydroxylation is 2. The molecule has 2 aromatic carbocycles. The lowest BCUT2D eigenvalue weighted by Crippen LogP contribution is -1.97. The molecule has 0 aliphatic heterocycles. The van der Waals surface area contributed by atoms with Gasteiger partial charge in [0.05, 0.1) is 11.3 Å². The Bertz CT molecular complexity index is 745. The van der Waals surface area contributed by atoms with E-state index in [1.807, 2.05) is 55.6 Å². The maximum Gasteiger partial charge on any atom is 0.238 e. The van der Waals surface area contributed by atoms with Crippen LogP contribution in [0.1, 0.15) is 11.1 Å². The summed E-state index contributed by atoms with van der Waals surface area (Å²) >= 11 is 0. The number of aromatic nitrogens is 2. The average molecular weight is 264 g/mol. The molecule has 0 aliphatic rings. The van der Waals surface area contributed by atoms with Gasteiger partial charge in [0.2, 0.25) is 5.88 Å². The highest BCUT2D eigenvalue weighted by Crippen LogP contribution is 2.29. The lowest BCUT2D eigenvalue weighted by Gasteiger charge is -2.06. The number of hydrogen-bond donors (Lipinski definition) is 1. The second kappa shape index (κ2) is 4.85. The van der Waals surface area contributed by atoms with Crippen LogP contribution in [-0.4, -0.2) is 14.9 Å². The van der Waals surface area contributed by atoms with Gasteiger partial charge in [0, 0.05) is 6.20 Å². The molecule has 3 heteroatoms. The van der Waals surface area contributed by atoms with Crippen molar-refractivity contribution in [1.29, 1.82) is 0 Å². The summed E-state index contributed by atoms with van der Waals surface area (Å²) in [5, 5.41) is 14.3. The maximum absolute atomic E-state index is 10.1. The van der Waals surface area contributed by atoms with Gasteiger partial charge in [-0.1, -0.05) is 48.0 Å². The summed E-state index contributed by atoms with van der Waals surface area (Å²) in [6, 6.07) is 15.9. The van der Waals surface area contributed by atoms with E-state index in [0.29, 0.717) is 0 Å². The smallest absolute Gasteiger partial charge is 0.238 e. The van der Waals surface area contributed by atoms with E-state index in [0.717, 1.165) is 22.4 Å². The molecule has 100 valence electrons. The predicted octanol–water partition coefficient (Wildman–Crippen LogP) is 3.86. The number of aromatic hydroxyl groups is 1. The molecule has 3 rings (SSSR count). The maximum atomic E-state index is 10.1. The van der Waals surface area contributed by atoms with Crippen LogP contribution in [0.3, 0.4) is 0 Å². The van der Waals surface area contributed by atoms with Crippen LogP contribution in [0.25, 0.3) is 16.8 Å². The fourth-order valence-corrected chi connectivity index (χ4v) is 2.37. The summed E-state index contributed by atoms with van der Waals surface area (Å²) in [4.78, 5) is 0. The first kappa shape index (κ1) is 12.5. The minimum atomic E-state index is 0.0520. The van der Waals surface area contributed by atoms with Gasteiger partial charge in [0.15, 0.2) is 0 Å². The van der Waals surface area contributed by atoms with E-state index in [1.165, 1.54) is 5.56 Å². The van der Waals surface area contributed by atoms with E-state index in [9.17, 15) is 5.11 Å². The second-order valence-electron chi connectivity index (χ2n) is 4.97. The van der Waals surface area contributed by atoms with E-state index in [4.69, 9.17) is 0 Å². The van der Waals surface area contributed by atoms with Gasteiger partial charge in [-0.25, -0.2) is 4.68 Å². The quantitative estimate of drug-likeness (QED) is 0.763. The standard InChI is InChI=1S/C17H16N2O/c1-12-8-9-16(13(2)10-12)19-11-15(17(20)18-19)14-6-4-3-5-7-14/h3-11H,1-2H3,(H,18,20). The largest absolute Gasteiger partial charge is 0.492 e. The Hall–Kier alpha value is -2.55. The molecule has 0 saturated heterocycles. The number of hydrogen-bond acceptors (Lipinski definition) is 2. The highest BCUT2D eigenvalue weighted by atomic mass is 16.3. The fraction of sp³-hybridized carbons (Fsp3) is 0.118. The van der Waals surface area contributed by atoms with Crippen molar-refractivity contribution in [3.8, 4) is 22.7 Å². The zero-order chi connectivity index (χ0) is 14.1. The Morgan fingerprint density at radius 2 is 1.75 bits per heavy atom. The van der Waals surface area contributed by atoms with E-state index in [-0.39, 0.29) is 5.88 Å². The second-order valence-corrected chi connectivity index (χ2v) is 4.97. The van der Waals surface area contributed by atoms with Gasteiger partial charge in [-0.15, -0.1) is 5.10 Å². The predicted molar refractivity (Wildman–Crippen MR) is 80.1 cm³/mol. The Morgan fingerprint density at radius 3 is 2.45 bits per heavy atom. The molecule has 0 fully saturated rings. The molecule has 3 nitrogen and oxygen atoms in total. The summed E-state index contributed by atoms with van der Waals surface area (Å²) in [6.07, 6.45) is 1.86. The molecule has 0 unspecified atom stereocenters. The molecule has 0 amide bonds. The minimum absolute atomic E-state index is 0.0520. The van der Waals surface area contributed by atoms with Gasteiger partial charge in [-0.3, -0.25) is 0 Å². The lowest BCUT2D eigenvalue weighted by atomic mass is 10.1. The Morgan fingerprint density at radius 1 is 1.00 bits per heavy atom. The molecule has 1 heterocycles. The highest BCUT2D eigenvalue weighted by Gasteiger charge is 2.11. The summed E-state index contributed by atoms with van der Waals surface area (Å²) in [5.41, 5.74) is 5.03. The van der Waals surface area contributed by atoms with Crippen LogP contribution < -0.4 is 0 Å². The third-order valence-corrected chi connectivity index (χ3v) is 3.38. The summed E-state index contributed by atoms with van der Waals surface area (Å²) < 4.78 is 1.73. The SMILES string of the molecule is Cc1ccc(-n2cc(-c3ccccc3)c(O)n2)c(C)c1. The summed E-state index contributed by atoms with van der Waals surface area (Å²) in [6.45, 7) is 4.11. The van der Waals surface area contributed by atoms with Crippen molar-refractivity contribution in [2.24, 2.45) is 0 Å². The van der Waals surface area contributed by atoms with Crippen molar-refractivity contribution in [1.82, 2.24) is 9.78 Å². The molecule has 3 aromatic rings. The van der Waals surface area contributed by atoms with Crippen LogP contribution >= 0.6 is 0 Å². The van der Waals surface area contributed by atoms with Crippen molar-refractivity contribution in [3.05, 3.63) is 65.9 Å². The highest BCUT2D eigenvalue weighted by molar-refractivity contribution is 5.68. The van der Waals surface area contributed by atoms with E-state index in [1.54, 1.807) is 4.68 Å². The van der Waals surface area contributed by atoms with Crippen molar-refractivity contribution >= 4 is 0 Å². The molecule has 0 radical (unpaired) electrons. The normalized spacial score (nSPS) is 10.7. The van der Waals surface area contributed by atoms with Crippen LogP contribution in [0.15, 0.2) is 54.7 Å². The Labute approximate surface area is 118 Å². The Balaban J connectivity index is 2.09. The number of benzene rings is 2. The first-order valence-corrected chi connectivity index (χ1v) is 6.57. The molecule has 20 heavy (non-hydrogen) atoms. The molecule has 1 N–H and O–H groups in total. The third-order valence-electron chi connectivity index (χ3n) is 3.38. The van der Waals surface area contributed by atoms with Crippen LogP contribution in [0.5, 0.6) is 5.88 Å². The Kier molecular flexibility index (Phi) is 3.03. The first-order chi connectivity index (χ1) is 9.65. The van der Waals surface area contributed by atoms with Crippen LogP contribution in [0.4, 0.5) is 0 Å². The van der Waals surface area contributed by atoms with Crippen molar-refractivity contribution in [3.63, 3.8) is 0 Å². The molecule has 0 spiro atoms. The van der Waals surface area contributed by atoms with Gasteiger partial charge >= 0.3 is 0 Å². The molecule has 0 bridgehead atoms. The summed E-state index contributed by atoms with van der Waals surface area (Å²) in [5.74, 6) is 0.0520. The van der Waals surface area contributed by atoms with Crippen molar-refractivity contribution < 1.29 is 5.11 Å². The zero-order valence-corrected chi connectivity index (χ0v) is 11.5. The zero-order valence-electron chi connectivity index (χ0n) is 11.5. The number of rotatable bonds is 2. The van der Waals surface area contributed by atoms with E-state index >= 15 is 0 Å². The molecular weight excluding hydrogens is 248 g/mol. The van der Waals surface area contributed by atoms with Gasteiger partial charge in [0.1, 0.15) is 0 Å². The van der Waals surface area contributed by atoms with Crippen molar-refractivity contribution in [2.45, 2.75) is 13.8 Å². The monoisotopic (exact) mass is 264 g/mol. The van der Waals surface area contributed by atoms with E-state index in [2.05, 4.69) is 18.1 Å². The molecular formula is C17H16N2O.